The summed E-state index contributed by atoms with van der Waals surface area (Å²) in [5, 5.41) is 14.4. The monoisotopic (exact) mass is 312 g/mol. The van der Waals surface area contributed by atoms with E-state index in [2.05, 4.69) is 15.3 Å². The lowest BCUT2D eigenvalue weighted by atomic mass is 10.2. The van der Waals surface area contributed by atoms with Gasteiger partial charge >= 0.3 is 0 Å². The molecule has 0 saturated heterocycles. The van der Waals surface area contributed by atoms with E-state index in [0.717, 1.165) is 0 Å². The zero-order valence-corrected chi connectivity index (χ0v) is 12.1. The molecule has 0 fully saturated rings. The maximum absolute atomic E-state index is 12.0. The fraction of sp³-hybridized carbons (Fsp3) is 0.0667. The highest BCUT2D eigenvalue weighted by Crippen LogP contribution is 2.30. The van der Waals surface area contributed by atoms with Crippen LogP contribution in [0.5, 0.6) is 5.75 Å². The maximum atomic E-state index is 12.0. The predicted octanol–water partition coefficient (Wildman–Crippen LogP) is 2.58. The van der Waals surface area contributed by atoms with Crippen molar-refractivity contribution in [1.82, 2.24) is 9.97 Å². The van der Waals surface area contributed by atoms with Gasteiger partial charge in [-0.05, 0) is 24.3 Å². The minimum atomic E-state index is -0.538. The number of hydrogen-bond acceptors (Lipinski definition) is 6. The number of fused-ring (bicyclic) bond motifs is 1. The van der Waals surface area contributed by atoms with Crippen molar-refractivity contribution in [1.29, 1.82) is 0 Å². The van der Waals surface area contributed by atoms with Crippen LogP contribution >= 0.6 is 0 Å². The Morgan fingerprint density at radius 3 is 2.78 bits per heavy atom. The number of nitro benzene ring substituents is 1. The van der Waals surface area contributed by atoms with E-state index in [1.165, 1.54) is 19.2 Å². The van der Waals surface area contributed by atoms with Gasteiger partial charge in [-0.25, -0.2) is 4.98 Å². The fourth-order valence-electron chi connectivity index (χ4n) is 2.17. The van der Waals surface area contributed by atoms with Crippen molar-refractivity contribution >= 4 is 28.2 Å². The molecule has 0 aliphatic rings. The van der Waals surface area contributed by atoms with E-state index in [9.17, 15) is 14.9 Å². The third kappa shape index (κ3) is 2.82. The van der Waals surface area contributed by atoms with Crippen LogP contribution in [-0.2, 0) is 0 Å². The number of benzene rings is 2. The molecular weight excluding hydrogens is 300 g/mol. The minimum absolute atomic E-state index is 0.127. The van der Waals surface area contributed by atoms with E-state index >= 15 is 0 Å². The molecular formula is C15H12N4O4. The highest BCUT2D eigenvalue weighted by molar-refractivity contribution is 5.79. The standard InChI is InChI=1S/C15H12N4O4/c1-23-9-6-7-12(13(8-9)19(21)22)17-15-16-11-5-3-2-4-10(11)14(20)18-15/h2-8H,1H3,(H2,16,17,18,20). The molecule has 23 heavy (non-hydrogen) atoms. The molecule has 1 heterocycles. The number of rotatable bonds is 4. The first-order valence-corrected chi connectivity index (χ1v) is 6.67. The van der Waals surface area contributed by atoms with Gasteiger partial charge in [0.15, 0.2) is 0 Å². The highest BCUT2D eigenvalue weighted by Gasteiger charge is 2.16. The molecule has 8 heteroatoms. The van der Waals surface area contributed by atoms with Crippen LogP contribution in [0, 0.1) is 10.1 Å². The third-order valence-corrected chi connectivity index (χ3v) is 3.27. The number of aromatic amines is 1. The molecule has 0 spiro atoms. The molecule has 0 bridgehead atoms. The van der Waals surface area contributed by atoms with E-state index in [0.29, 0.717) is 16.7 Å². The second kappa shape index (κ2) is 5.76. The summed E-state index contributed by atoms with van der Waals surface area (Å²) in [5.74, 6) is 0.490. The summed E-state index contributed by atoms with van der Waals surface area (Å²) in [5.41, 5.74) is 0.193. The van der Waals surface area contributed by atoms with Crippen LogP contribution in [0.2, 0.25) is 0 Å². The number of methoxy groups -OCH3 is 1. The van der Waals surface area contributed by atoms with Crippen molar-refractivity contribution in [3.8, 4) is 5.75 Å². The Hall–Kier alpha value is -3.42. The molecule has 2 N–H and O–H groups in total. The molecule has 0 aliphatic heterocycles. The summed E-state index contributed by atoms with van der Waals surface area (Å²) in [6.45, 7) is 0. The number of nitrogens with zero attached hydrogens (tertiary/aromatic N) is 2. The average Bonchev–Trinajstić information content (AvgIpc) is 2.55. The largest absolute Gasteiger partial charge is 0.496 e. The third-order valence-electron chi connectivity index (χ3n) is 3.27. The lowest BCUT2D eigenvalue weighted by molar-refractivity contribution is -0.384. The first-order chi connectivity index (χ1) is 11.1. The van der Waals surface area contributed by atoms with Crippen LogP contribution in [0.15, 0.2) is 47.3 Å². The second-order valence-corrected chi connectivity index (χ2v) is 4.70. The molecule has 2 aromatic carbocycles. The van der Waals surface area contributed by atoms with Crippen molar-refractivity contribution in [2.24, 2.45) is 0 Å². The van der Waals surface area contributed by atoms with Gasteiger partial charge in [0.05, 0.1) is 29.0 Å². The van der Waals surface area contributed by atoms with Gasteiger partial charge in [0, 0.05) is 0 Å². The summed E-state index contributed by atoms with van der Waals surface area (Å²) in [7, 11) is 1.43. The van der Waals surface area contributed by atoms with Gasteiger partial charge in [-0.2, -0.15) is 0 Å². The zero-order chi connectivity index (χ0) is 16.4. The van der Waals surface area contributed by atoms with Crippen molar-refractivity contribution < 1.29 is 9.66 Å². The van der Waals surface area contributed by atoms with E-state index < -0.39 is 4.92 Å². The quantitative estimate of drug-likeness (QED) is 0.566. The molecule has 0 saturated carbocycles. The molecule has 1 aromatic heterocycles. The predicted molar refractivity (Wildman–Crippen MR) is 85.3 cm³/mol. The second-order valence-electron chi connectivity index (χ2n) is 4.70. The summed E-state index contributed by atoms with van der Waals surface area (Å²) in [6, 6.07) is 11.2. The number of para-hydroxylation sites is 1. The Bertz CT molecular complexity index is 952. The van der Waals surface area contributed by atoms with Gasteiger partial charge in [-0.1, -0.05) is 12.1 Å². The van der Waals surface area contributed by atoms with Gasteiger partial charge in [0.25, 0.3) is 11.2 Å². The molecule has 0 radical (unpaired) electrons. The van der Waals surface area contributed by atoms with Crippen molar-refractivity contribution in [3.63, 3.8) is 0 Å². The topological polar surface area (TPSA) is 110 Å². The van der Waals surface area contributed by atoms with E-state index in [-0.39, 0.29) is 22.9 Å². The fourth-order valence-corrected chi connectivity index (χ4v) is 2.17. The summed E-state index contributed by atoms with van der Waals surface area (Å²) in [4.78, 5) is 29.5. The molecule has 3 rings (SSSR count). The van der Waals surface area contributed by atoms with Crippen LogP contribution < -0.4 is 15.6 Å². The Morgan fingerprint density at radius 2 is 2.04 bits per heavy atom. The van der Waals surface area contributed by atoms with Gasteiger partial charge in [0.1, 0.15) is 11.4 Å². The van der Waals surface area contributed by atoms with Gasteiger partial charge in [0.2, 0.25) is 5.95 Å². The summed E-state index contributed by atoms with van der Waals surface area (Å²) in [6.07, 6.45) is 0. The number of aromatic nitrogens is 2. The van der Waals surface area contributed by atoms with Crippen LogP contribution in [0.1, 0.15) is 0 Å². The Labute approximate surface area is 129 Å². The Morgan fingerprint density at radius 1 is 1.26 bits per heavy atom. The van der Waals surface area contributed by atoms with Crippen LogP contribution in [-0.4, -0.2) is 22.0 Å². The number of hydrogen-bond donors (Lipinski definition) is 2. The molecule has 8 nitrogen and oxygen atoms in total. The van der Waals surface area contributed by atoms with Crippen LogP contribution in [0.25, 0.3) is 10.9 Å². The first kappa shape index (κ1) is 14.5. The van der Waals surface area contributed by atoms with Crippen molar-refractivity contribution in [3.05, 3.63) is 62.9 Å². The molecule has 0 aliphatic carbocycles. The molecule has 0 amide bonds. The zero-order valence-electron chi connectivity index (χ0n) is 12.1. The van der Waals surface area contributed by atoms with E-state index in [1.54, 1.807) is 30.3 Å². The Balaban J connectivity index is 2.05. The van der Waals surface area contributed by atoms with E-state index in [4.69, 9.17) is 4.74 Å². The van der Waals surface area contributed by atoms with Crippen LogP contribution in [0.3, 0.4) is 0 Å². The van der Waals surface area contributed by atoms with Crippen molar-refractivity contribution in [2.45, 2.75) is 0 Å². The lowest BCUT2D eigenvalue weighted by Gasteiger charge is -2.08. The minimum Gasteiger partial charge on any atom is -0.496 e. The highest BCUT2D eigenvalue weighted by atomic mass is 16.6. The molecule has 0 unspecified atom stereocenters. The van der Waals surface area contributed by atoms with Crippen LogP contribution in [0.4, 0.5) is 17.3 Å². The van der Waals surface area contributed by atoms with Crippen molar-refractivity contribution in [2.75, 3.05) is 12.4 Å². The van der Waals surface area contributed by atoms with E-state index in [1.807, 2.05) is 0 Å². The Kier molecular flexibility index (Phi) is 3.63. The number of nitro groups is 1. The number of anilines is 2. The first-order valence-electron chi connectivity index (χ1n) is 6.67. The molecule has 116 valence electrons. The van der Waals surface area contributed by atoms with Gasteiger partial charge in [-0.3, -0.25) is 19.9 Å². The summed E-state index contributed by atoms with van der Waals surface area (Å²) >= 11 is 0. The normalized spacial score (nSPS) is 10.5. The number of nitrogens with one attached hydrogen (secondary N) is 2. The molecule has 0 atom stereocenters. The molecule has 3 aromatic rings. The smallest absolute Gasteiger partial charge is 0.296 e. The number of H-pyrrole nitrogens is 1. The lowest BCUT2D eigenvalue weighted by Crippen LogP contribution is -2.11. The average molecular weight is 312 g/mol. The SMILES string of the molecule is COc1ccc(Nc2nc3ccccc3c(=O)[nH]2)c([N+](=O)[O-])c1. The van der Waals surface area contributed by atoms with Gasteiger partial charge in [-0.15, -0.1) is 0 Å². The maximum Gasteiger partial charge on any atom is 0.296 e. The summed E-state index contributed by atoms with van der Waals surface area (Å²) < 4.78 is 4.98. The van der Waals surface area contributed by atoms with Gasteiger partial charge < -0.3 is 10.1 Å². The number of ether oxygens (including phenoxy) is 1.